The average molecular weight is 516 g/mol. The highest BCUT2D eigenvalue weighted by molar-refractivity contribution is 6.30. The quantitative estimate of drug-likeness (QED) is 0.397. The Bertz CT molecular complexity index is 1450. The maximum Gasteiger partial charge on any atom is 0.299 e. The maximum absolute atomic E-state index is 13.6. The first-order valence-electron chi connectivity index (χ1n) is 11.9. The lowest BCUT2D eigenvalue weighted by atomic mass is 10.1. The van der Waals surface area contributed by atoms with Crippen molar-refractivity contribution in [2.24, 2.45) is 0 Å². The molecular weight excluding hydrogens is 490 g/mol. The molecule has 0 unspecified atom stereocenters. The molecule has 1 saturated heterocycles. The van der Waals surface area contributed by atoms with Crippen LogP contribution in [-0.4, -0.2) is 58.7 Å². The summed E-state index contributed by atoms with van der Waals surface area (Å²) in [4.78, 5) is 30.8. The first-order chi connectivity index (χ1) is 18.0. The minimum Gasteiger partial charge on any atom is -0.453 e. The first-order valence-corrected chi connectivity index (χ1v) is 12.3. The number of nitrogens with zero attached hydrogens (tertiary/aromatic N) is 4. The number of piperazine rings is 1. The van der Waals surface area contributed by atoms with Crippen molar-refractivity contribution < 1.29 is 9.53 Å². The third-order valence-electron chi connectivity index (χ3n) is 6.15. The molecule has 0 aliphatic carbocycles. The van der Waals surface area contributed by atoms with Crippen LogP contribution >= 0.6 is 11.6 Å². The number of para-hydroxylation sites is 1. The molecule has 0 radical (unpaired) electrons. The van der Waals surface area contributed by atoms with Crippen LogP contribution in [0.5, 0.6) is 11.5 Å². The van der Waals surface area contributed by atoms with Crippen molar-refractivity contribution in [3.8, 4) is 17.2 Å². The van der Waals surface area contributed by atoms with Crippen molar-refractivity contribution in [2.75, 3.05) is 38.5 Å². The molecule has 1 N–H and O–H groups in total. The number of nitrogens with one attached hydrogen (secondary N) is 1. The van der Waals surface area contributed by atoms with Crippen molar-refractivity contribution in [1.29, 1.82) is 0 Å². The predicted octanol–water partition coefficient (Wildman–Crippen LogP) is 4.81. The molecule has 0 atom stereocenters. The molecule has 4 aromatic rings. The van der Waals surface area contributed by atoms with Crippen molar-refractivity contribution in [1.82, 2.24) is 19.6 Å². The van der Waals surface area contributed by atoms with Crippen LogP contribution in [0.4, 0.5) is 11.4 Å². The highest BCUT2D eigenvalue weighted by Gasteiger charge is 2.21. The second kappa shape index (κ2) is 10.9. The molecule has 8 nitrogen and oxygen atoms in total. The zero-order valence-electron chi connectivity index (χ0n) is 20.3. The van der Waals surface area contributed by atoms with E-state index in [2.05, 4.69) is 15.3 Å². The number of likely N-dealkylation sites (N-methyl/N-ethyl adjacent to an activating group) is 1. The Balaban J connectivity index is 1.49. The van der Waals surface area contributed by atoms with Gasteiger partial charge in [-0.2, -0.15) is 9.78 Å². The summed E-state index contributed by atoms with van der Waals surface area (Å²) in [5, 5.41) is 8.06. The predicted molar refractivity (Wildman–Crippen MR) is 144 cm³/mol. The Morgan fingerprint density at radius 3 is 2.41 bits per heavy atom. The number of hydrogen-bond donors (Lipinski definition) is 1. The molecule has 0 bridgehead atoms. The zero-order chi connectivity index (χ0) is 25.8. The highest BCUT2D eigenvalue weighted by atomic mass is 35.5. The second-order valence-corrected chi connectivity index (χ2v) is 9.23. The number of carbonyl (C=O) groups is 1. The van der Waals surface area contributed by atoms with Gasteiger partial charge in [-0.15, -0.1) is 0 Å². The number of rotatable bonds is 6. The van der Waals surface area contributed by atoms with E-state index in [4.69, 9.17) is 16.3 Å². The number of benzene rings is 3. The fourth-order valence-electron chi connectivity index (χ4n) is 4.08. The lowest BCUT2D eigenvalue weighted by Crippen LogP contribution is -2.47. The van der Waals surface area contributed by atoms with Gasteiger partial charge in [0, 0.05) is 42.5 Å². The van der Waals surface area contributed by atoms with Crippen LogP contribution in [0.25, 0.3) is 5.69 Å². The zero-order valence-corrected chi connectivity index (χ0v) is 21.1. The van der Waals surface area contributed by atoms with E-state index in [-0.39, 0.29) is 17.3 Å². The number of aromatic nitrogens is 2. The molecule has 0 saturated carbocycles. The Kier molecular flexibility index (Phi) is 7.20. The molecule has 1 aromatic heterocycles. The molecule has 1 amide bonds. The van der Waals surface area contributed by atoms with E-state index >= 15 is 0 Å². The molecule has 1 aliphatic heterocycles. The molecule has 37 heavy (non-hydrogen) atoms. The van der Waals surface area contributed by atoms with Gasteiger partial charge in [0.15, 0.2) is 11.4 Å². The molecular formula is C28H26ClN5O3. The summed E-state index contributed by atoms with van der Waals surface area (Å²) in [5.41, 5.74) is 1.48. The topological polar surface area (TPSA) is 79.7 Å². The molecule has 9 heteroatoms. The Hall–Kier alpha value is -4.14. The number of ether oxygens (including phenoxy) is 1. The van der Waals surface area contributed by atoms with Crippen molar-refractivity contribution in [2.45, 2.75) is 0 Å². The summed E-state index contributed by atoms with van der Waals surface area (Å²) in [6.45, 7) is 3.03. The Morgan fingerprint density at radius 2 is 1.68 bits per heavy atom. The van der Waals surface area contributed by atoms with Crippen LogP contribution in [0.2, 0.25) is 5.02 Å². The number of hydrogen-bond acceptors (Lipinski definition) is 6. The standard InChI is InChI=1S/C28H26ClN5O3/c1-32-14-16-33(17-15-32)27(35)20-6-5-7-22(18-20)31-26-25(37-24-8-3-2-4-9-24)19-30-34(28(26)36)23-12-10-21(29)11-13-23/h2-13,18-19,31H,14-17H2,1H3. The van der Waals surface area contributed by atoms with E-state index in [9.17, 15) is 9.59 Å². The molecule has 0 spiro atoms. The molecule has 5 rings (SSSR count). The SMILES string of the molecule is CN1CCN(C(=O)c2cccc(Nc3c(Oc4ccccc4)cnn(-c4ccc(Cl)cc4)c3=O)c2)CC1. The third-order valence-corrected chi connectivity index (χ3v) is 6.41. The van der Waals surface area contributed by atoms with Crippen LogP contribution in [0.3, 0.4) is 0 Å². The monoisotopic (exact) mass is 515 g/mol. The fraction of sp³-hybridized carbons (Fsp3) is 0.179. The van der Waals surface area contributed by atoms with Gasteiger partial charge in [-0.1, -0.05) is 35.9 Å². The van der Waals surface area contributed by atoms with Crippen molar-refractivity contribution in [3.63, 3.8) is 0 Å². The minimum atomic E-state index is -0.411. The summed E-state index contributed by atoms with van der Waals surface area (Å²) in [5.74, 6) is 0.790. The van der Waals surface area contributed by atoms with Gasteiger partial charge in [-0.05, 0) is 61.6 Å². The van der Waals surface area contributed by atoms with E-state index in [1.54, 1.807) is 60.7 Å². The van der Waals surface area contributed by atoms with Crippen LogP contribution in [-0.2, 0) is 0 Å². The molecule has 2 heterocycles. The van der Waals surface area contributed by atoms with Crippen LogP contribution < -0.4 is 15.6 Å². The number of anilines is 2. The smallest absolute Gasteiger partial charge is 0.299 e. The molecule has 1 fully saturated rings. The molecule has 1 aliphatic rings. The van der Waals surface area contributed by atoms with Gasteiger partial charge in [0.05, 0.1) is 11.9 Å². The summed E-state index contributed by atoms with van der Waals surface area (Å²) in [6, 6.07) is 23.1. The van der Waals surface area contributed by atoms with Crippen LogP contribution in [0.1, 0.15) is 10.4 Å². The normalized spacial score (nSPS) is 13.8. The number of carbonyl (C=O) groups excluding carboxylic acids is 1. The van der Waals surface area contributed by atoms with Gasteiger partial charge in [-0.25, -0.2) is 0 Å². The van der Waals surface area contributed by atoms with Gasteiger partial charge >= 0.3 is 0 Å². The van der Waals surface area contributed by atoms with Crippen LogP contribution in [0.15, 0.2) is 89.9 Å². The fourth-order valence-corrected chi connectivity index (χ4v) is 4.21. The molecule has 3 aromatic carbocycles. The first kappa shape index (κ1) is 24.5. The van der Waals surface area contributed by atoms with E-state index in [0.29, 0.717) is 40.8 Å². The summed E-state index contributed by atoms with van der Waals surface area (Å²) < 4.78 is 7.29. The maximum atomic E-state index is 13.6. The van der Waals surface area contributed by atoms with Crippen molar-refractivity contribution >= 4 is 28.9 Å². The number of amides is 1. The largest absolute Gasteiger partial charge is 0.453 e. The van der Waals surface area contributed by atoms with Gasteiger partial charge in [-0.3, -0.25) is 9.59 Å². The Labute approximate surface area is 219 Å². The second-order valence-electron chi connectivity index (χ2n) is 8.79. The summed E-state index contributed by atoms with van der Waals surface area (Å²) >= 11 is 6.02. The summed E-state index contributed by atoms with van der Waals surface area (Å²) in [6.07, 6.45) is 1.49. The summed E-state index contributed by atoms with van der Waals surface area (Å²) in [7, 11) is 2.05. The minimum absolute atomic E-state index is 0.0363. The van der Waals surface area contributed by atoms with Gasteiger partial charge in [0.25, 0.3) is 11.5 Å². The van der Waals surface area contributed by atoms with E-state index in [1.807, 2.05) is 30.1 Å². The van der Waals surface area contributed by atoms with Gasteiger partial charge in [0.1, 0.15) is 5.75 Å². The highest BCUT2D eigenvalue weighted by Crippen LogP contribution is 2.29. The van der Waals surface area contributed by atoms with Crippen LogP contribution in [0, 0.1) is 0 Å². The molecule has 188 valence electrons. The third kappa shape index (κ3) is 5.66. The van der Waals surface area contributed by atoms with Crippen molar-refractivity contribution in [3.05, 3.63) is 106 Å². The van der Waals surface area contributed by atoms with Gasteiger partial charge < -0.3 is 19.9 Å². The van der Waals surface area contributed by atoms with E-state index in [1.165, 1.54) is 10.9 Å². The van der Waals surface area contributed by atoms with E-state index < -0.39 is 5.56 Å². The lowest BCUT2D eigenvalue weighted by Gasteiger charge is -2.32. The Morgan fingerprint density at radius 1 is 0.946 bits per heavy atom. The lowest BCUT2D eigenvalue weighted by molar-refractivity contribution is 0.0664. The van der Waals surface area contributed by atoms with E-state index in [0.717, 1.165) is 13.1 Å². The average Bonchev–Trinajstić information content (AvgIpc) is 2.92. The van der Waals surface area contributed by atoms with Gasteiger partial charge in [0.2, 0.25) is 0 Å². The number of halogens is 1.